The van der Waals surface area contributed by atoms with Crippen molar-refractivity contribution in [3.05, 3.63) is 64.2 Å². The fraction of sp³-hybridized carbons (Fsp3) is 0.133. The van der Waals surface area contributed by atoms with Crippen molar-refractivity contribution in [3.8, 4) is 0 Å². The van der Waals surface area contributed by atoms with Crippen molar-refractivity contribution in [2.24, 2.45) is 0 Å². The summed E-state index contributed by atoms with van der Waals surface area (Å²) in [7, 11) is 0. The molecule has 2 rings (SSSR count). The highest BCUT2D eigenvalue weighted by Gasteiger charge is 2.07. The van der Waals surface area contributed by atoms with Crippen molar-refractivity contribution < 1.29 is 4.79 Å². The van der Waals surface area contributed by atoms with Gasteiger partial charge in [0.15, 0.2) is 0 Å². The first kappa shape index (κ1) is 12.7. The van der Waals surface area contributed by atoms with Gasteiger partial charge in [-0.2, -0.15) is 0 Å². The van der Waals surface area contributed by atoms with Crippen LogP contribution in [0.15, 0.2) is 42.5 Å². The molecule has 2 aromatic rings. The highest BCUT2D eigenvalue weighted by Crippen LogP contribution is 2.18. The molecule has 2 aromatic carbocycles. The number of amides is 1. The standard InChI is InChI=1S/C15H14ClNO/c1-10-3-4-11(2)14(9-10)17-15(18)12-5-7-13(16)8-6-12/h3-9H,1-2H3,(H,17,18). The zero-order valence-corrected chi connectivity index (χ0v) is 11.1. The van der Waals surface area contributed by atoms with Crippen LogP contribution in [0.2, 0.25) is 5.02 Å². The van der Waals surface area contributed by atoms with Gasteiger partial charge in [-0.1, -0.05) is 23.7 Å². The summed E-state index contributed by atoms with van der Waals surface area (Å²) in [5, 5.41) is 3.53. The third-order valence-corrected chi connectivity index (χ3v) is 3.00. The minimum atomic E-state index is -0.125. The van der Waals surface area contributed by atoms with Crippen LogP contribution in [0.4, 0.5) is 5.69 Å². The first-order chi connectivity index (χ1) is 8.56. The Kier molecular flexibility index (Phi) is 3.68. The molecular formula is C15H14ClNO. The molecule has 0 heterocycles. The predicted molar refractivity (Wildman–Crippen MR) is 75.3 cm³/mol. The lowest BCUT2D eigenvalue weighted by molar-refractivity contribution is 0.102. The summed E-state index contributed by atoms with van der Waals surface area (Å²) in [5.41, 5.74) is 3.60. The Balaban J connectivity index is 2.21. The van der Waals surface area contributed by atoms with E-state index in [0.717, 1.165) is 16.8 Å². The zero-order chi connectivity index (χ0) is 13.1. The maximum absolute atomic E-state index is 12.0. The van der Waals surface area contributed by atoms with Crippen LogP contribution in [0.5, 0.6) is 0 Å². The van der Waals surface area contributed by atoms with Crippen molar-refractivity contribution in [2.75, 3.05) is 5.32 Å². The smallest absolute Gasteiger partial charge is 0.255 e. The van der Waals surface area contributed by atoms with E-state index in [1.165, 1.54) is 0 Å². The molecule has 0 unspecified atom stereocenters. The van der Waals surface area contributed by atoms with Crippen molar-refractivity contribution >= 4 is 23.2 Å². The molecule has 3 heteroatoms. The SMILES string of the molecule is Cc1ccc(C)c(NC(=O)c2ccc(Cl)cc2)c1. The number of carbonyl (C=O) groups is 1. The average molecular weight is 260 g/mol. The van der Waals surface area contributed by atoms with Gasteiger partial charge >= 0.3 is 0 Å². The quantitative estimate of drug-likeness (QED) is 0.860. The number of aryl methyl sites for hydroxylation is 2. The molecule has 0 atom stereocenters. The first-order valence-electron chi connectivity index (χ1n) is 5.70. The number of hydrogen-bond acceptors (Lipinski definition) is 1. The fourth-order valence-electron chi connectivity index (χ4n) is 1.67. The van der Waals surface area contributed by atoms with Gasteiger partial charge in [-0.25, -0.2) is 0 Å². The van der Waals surface area contributed by atoms with Gasteiger partial charge in [-0.15, -0.1) is 0 Å². The lowest BCUT2D eigenvalue weighted by atomic mass is 10.1. The monoisotopic (exact) mass is 259 g/mol. The Hall–Kier alpha value is -1.80. The van der Waals surface area contributed by atoms with Crippen LogP contribution in [-0.4, -0.2) is 5.91 Å². The summed E-state index contributed by atoms with van der Waals surface area (Å²) in [6, 6.07) is 12.8. The normalized spacial score (nSPS) is 10.2. The lowest BCUT2D eigenvalue weighted by Crippen LogP contribution is -2.12. The molecule has 0 aromatic heterocycles. The molecule has 0 aliphatic carbocycles. The number of rotatable bonds is 2. The van der Waals surface area contributed by atoms with E-state index < -0.39 is 0 Å². The zero-order valence-electron chi connectivity index (χ0n) is 10.3. The Morgan fingerprint density at radius 1 is 1.06 bits per heavy atom. The van der Waals surface area contributed by atoms with E-state index in [0.29, 0.717) is 10.6 Å². The molecule has 92 valence electrons. The van der Waals surface area contributed by atoms with Gasteiger partial charge in [-0.05, 0) is 55.3 Å². The molecular weight excluding hydrogens is 246 g/mol. The third-order valence-electron chi connectivity index (χ3n) is 2.75. The number of halogens is 1. The molecule has 1 amide bonds. The van der Waals surface area contributed by atoms with Crippen molar-refractivity contribution in [1.29, 1.82) is 0 Å². The summed E-state index contributed by atoms with van der Waals surface area (Å²) in [4.78, 5) is 12.0. The Morgan fingerprint density at radius 2 is 1.72 bits per heavy atom. The topological polar surface area (TPSA) is 29.1 Å². The summed E-state index contributed by atoms with van der Waals surface area (Å²) < 4.78 is 0. The molecule has 0 radical (unpaired) electrons. The highest BCUT2D eigenvalue weighted by atomic mass is 35.5. The second-order valence-corrected chi connectivity index (χ2v) is 4.72. The Morgan fingerprint density at radius 3 is 2.39 bits per heavy atom. The van der Waals surface area contributed by atoms with E-state index in [-0.39, 0.29) is 5.91 Å². The van der Waals surface area contributed by atoms with Crippen LogP contribution < -0.4 is 5.32 Å². The molecule has 0 saturated carbocycles. The minimum Gasteiger partial charge on any atom is -0.322 e. The third kappa shape index (κ3) is 2.90. The van der Waals surface area contributed by atoms with Crippen LogP contribution >= 0.6 is 11.6 Å². The molecule has 0 aliphatic heterocycles. The molecule has 2 nitrogen and oxygen atoms in total. The summed E-state index contributed by atoms with van der Waals surface area (Å²) in [6.45, 7) is 3.97. The van der Waals surface area contributed by atoms with Gasteiger partial charge in [0.05, 0.1) is 0 Å². The fourth-order valence-corrected chi connectivity index (χ4v) is 1.79. The summed E-state index contributed by atoms with van der Waals surface area (Å²) >= 11 is 5.79. The summed E-state index contributed by atoms with van der Waals surface area (Å²) in [5.74, 6) is -0.125. The van der Waals surface area contributed by atoms with E-state index in [9.17, 15) is 4.79 Å². The Labute approximate surface area is 112 Å². The van der Waals surface area contributed by atoms with Gasteiger partial charge < -0.3 is 5.32 Å². The van der Waals surface area contributed by atoms with Crippen molar-refractivity contribution in [2.45, 2.75) is 13.8 Å². The number of carbonyl (C=O) groups excluding carboxylic acids is 1. The second-order valence-electron chi connectivity index (χ2n) is 4.28. The maximum Gasteiger partial charge on any atom is 0.255 e. The molecule has 0 fully saturated rings. The number of benzene rings is 2. The van der Waals surface area contributed by atoms with E-state index in [1.54, 1.807) is 24.3 Å². The van der Waals surface area contributed by atoms with Crippen molar-refractivity contribution in [3.63, 3.8) is 0 Å². The second kappa shape index (κ2) is 5.23. The van der Waals surface area contributed by atoms with Gasteiger partial charge in [0.25, 0.3) is 5.91 Å². The van der Waals surface area contributed by atoms with E-state index in [4.69, 9.17) is 11.6 Å². The van der Waals surface area contributed by atoms with Crippen molar-refractivity contribution in [1.82, 2.24) is 0 Å². The van der Waals surface area contributed by atoms with E-state index in [1.807, 2.05) is 32.0 Å². The Bertz CT molecular complexity index is 576. The van der Waals surface area contributed by atoms with Gasteiger partial charge in [0.1, 0.15) is 0 Å². The number of nitrogens with one attached hydrogen (secondary N) is 1. The van der Waals surface area contributed by atoms with Crippen LogP contribution in [0.25, 0.3) is 0 Å². The number of anilines is 1. The van der Waals surface area contributed by atoms with Crippen LogP contribution in [-0.2, 0) is 0 Å². The van der Waals surface area contributed by atoms with E-state index in [2.05, 4.69) is 5.32 Å². The molecule has 0 saturated heterocycles. The molecule has 0 aliphatic rings. The summed E-state index contributed by atoms with van der Waals surface area (Å²) in [6.07, 6.45) is 0. The maximum atomic E-state index is 12.0. The highest BCUT2D eigenvalue weighted by molar-refractivity contribution is 6.30. The molecule has 0 bridgehead atoms. The average Bonchev–Trinajstić information content (AvgIpc) is 2.34. The van der Waals surface area contributed by atoms with Crippen LogP contribution in [0, 0.1) is 13.8 Å². The molecule has 1 N–H and O–H groups in total. The largest absolute Gasteiger partial charge is 0.322 e. The predicted octanol–water partition coefficient (Wildman–Crippen LogP) is 4.21. The van der Waals surface area contributed by atoms with Crippen LogP contribution in [0.1, 0.15) is 21.5 Å². The molecule has 18 heavy (non-hydrogen) atoms. The first-order valence-corrected chi connectivity index (χ1v) is 6.08. The van der Waals surface area contributed by atoms with E-state index >= 15 is 0 Å². The van der Waals surface area contributed by atoms with Gasteiger partial charge in [0.2, 0.25) is 0 Å². The molecule has 0 spiro atoms. The van der Waals surface area contributed by atoms with Gasteiger partial charge in [-0.3, -0.25) is 4.79 Å². The van der Waals surface area contributed by atoms with Gasteiger partial charge in [0, 0.05) is 16.3 Å². The number of hydrogen-bond donors (Lipinski definition) is 1. The van der Waals surface area contributed by atoms with Crippen LogP contribution in [0.3, 0.4) is 0 Å². The minimum absolute atomic E-state index is 0.125. The lowest BCUT2D eigenvalue weighted by Gasteiger charge is -2.09.